The molecule has 12 aromatic rings. The third kappa shape index (κ3) is 4.39. The molecule has 6 nitrogen and oxygen atoms in total. The molecule has 258 valence electrons. The van der Waals surface area contributed by atoms with Gasteiger partial charge in [0.25, 0.3) is 0 Å². The molecule has 4 heterocycles. The smallest absolute Gasteiger partial charge is 0.227 e. The van der Waals surface area contributed by atoms with Gasteiger partial charge in [-0.25, -0.2) is 4.98 Å². The van der Waals surface area contributed by atoms with Crippen molar-refractivity contribution in [3.05, 3.63) is 176 Å². The fourth-order valence-corrected chi connectivity index (χ4v) is 8.49. The molecule has 0 aliphatic carbocycles. The Morgan fingerprint density at radius 3 is 1.76 bits per heavy atom. The molecular weight excluding hydrogens is 679 g/mol. The number of para-hydroxylation sites is 3. The number of anilines is 3. The Bertz CT molecular complexity index is 3440. The molecule has 0 aliphatic rings. The van der Waals surface area contributed by atoms with Crippen molar-refractivity contribution >= 4 is 93.8 Å². The van der Waals surface area contributed by atoms with E-state index in [1.165, 1.54) is 0 Å². The zero-order chi connectivity index (χ0) is 36.0. The lowest BCUT2D eigenvalue weighted by molar-refractivity contribution is 0.617. The van der Waals surface area contributed by atoms with E-state index in [2.05, 4.69) is 131 Å². The van der Waals surface area contributed by atoms with E-state index in [1.54, 1.807) is 0 Å². The molecule has 0 atom stereocenters. The van der Waals surface area contributed by atoms with Gasteiger partial charge in [0, 0.05) is 38.9 Å². The minimum atomic E-state index is 0.578. The van der Waals surface area contributed by atoms with Crippen molar-refractivity contribution in [1.29, 1.82) is 0 Å². The highest BCUT2D eigenvalue weighted by Crippen LogP contribution is 2.50. The molecule has 0 radical (unpaired) electrons. The number of furan rings is 2. The highest BCUT2D eigenvalue weighted by Gasteiger charge is 2.27. The van der Waals surface area contributed by atoms with E-state index in [4.69, 9.17) is 18.2 Å². The summed E-state index contributed by atoms with van der Waals surface area (Å²) in [6.45, 7) is 0. The zero-order valence-electron chi connectivity index (χ0n) is 29.3. The first-order valence-electron chi connectivity index (χ1n) is 18.4. The summed E-state index contributed by atoms with van der Waals surface area (Å²) in [5.41, 5.74) is 11.9. The van der Waals surface area contributed by atoms with Gasteiger partial charge in [0.1, 0.15) is 27.8 Å². The Kier molecular flexibility index (Phi) is 6.24. The Morgan fingerprint density at radius 1 is 0.400 bits per heavy atom. The third-order valence-electron chi connectivity index (χ3n) is 10.8. The Labute approximate surface area is 313 Å². The van der Waals surface area contributed by atoms with E-state index in [-0.39, 0.29) is 0 Å². The summed E-state index contributed by atoms with van der Waals surface area (Å²) in [6.07, 6.45) is 0. The highest BCUT2D eigenvalue weighted by molar-refractivity contribution is 6.23. The fourth-order valence-electron chi connectivity index (χ4n) is 8.49. The van der Waals surface area contributed by atoms with Crippen molar-refractivity contribution in [2.45, 2.75) is 0 Å². The number of benzene rings is 8. The molecule has 0 saturated heterocycles. The Morgan fingerprint density at radius 2 is 0.982 bits per heavy atom. The monoisotopic (exact) mass is 707 g/mol. The van der Waals surface area contributed by atoms with Gasteiger partial charge in [0.05, 0.1) is 38.9 Å². The molecule has 8 aromatic carbocycles. The summed E-state index contributed by atoms with van der Waals surface area (Å²) < 4.78 is 21.8. The van der Waals surface area contributed by atoms with Crippen molar-refractivity contribution in [3.63, 3.8) is 0 Å². The maximum absolute atomic E-state index is 6.66. The van der Waals surface area contributed by atoms with Gasteiger partial charge in [-0.15, -0.1) is 0 Å². The topological polar surface area (TPSA) is 60.5 Å². The molecule has 0 bridgehead atoms. The Balaban J connectivity index is 1.20. The lowest BCUT2D eigenvalue weighted by atomic mass is 10.0. The van der Waals surface area contributed by atoms with Gasteiger partial charge in [-0.05, 0) is 78.9 Å². The molecule has 0 aliphatic heterocycles. The van der Waals surface area contributed by atoms with Crippen molar-refractivity contribution in [3.8, 4) is 17.1 Å². The number of hydrogen-bond acceptors (Lipinski definition) is 5. The summed E-state index contributed by atoms with van der Waals surface area (Å²) in [6, 6.07) is 60.8. The van der Waals surface area contributed by atoms with Crippen LogP contribution in [-0.2, 0) is 0 Å². The van der Waals surface area contributed by atoms with E-state index >= 15 is 0 Å². The number of aromatic nitrogens is 2. The van der Waals surface area contributed by atoms with Crippen LogP contribution in [0.2, 0.25) is 0 Å². The minimum Gasteiger partial charge on any atom is -0.456 e. The SMILES string of the molecule is c1ccc(-c2nc3cc4c(cc3o2)oc2cccc(N(c3cccc5oc6ccccc6c35)c3cccc5c3c3ccccc3n5-c3ccccc3)c24)cc1. The first-order valence-corrected chi connectivity index (χ1v) is 18.4. The standard InChI is InChI=1S/C49H29N3O3/c1-3-14-30(15-4-1)49-50-35-28-34-44(29-45(35)55-49)54-43-27-13-24-40(48(34)43)52(39-23-12-26-42-47(39)33-19-8-10-25-41(33)53-42)38-22-11-21-37-46(38)32-18-7-9-20-36(32)51(37)31-16-5-2-6-17-31/h1-29H. The predicted octanol–water partition coefficient (Wildman–Crippen LogP) is 13.9. The molecule has 12 rings (SSSR count). The quantitative estimate of drug-likeness (QED) is 0.178. The van der Waals surface area contributed by atoms with E-state index in [1.807, 2.05) is 54.6 Å². The van der Waals surface area contributed by atoms with Crippen LogP contribution in [0.5, 0.6) is 0 Å². The van der Waals surface area contributed by atoms with Crippen LogP contribution in [0.4, 0.5) is 17.1 Å². The molecular formula is C49H29N3O3. The first kappa shape index (κ1) is 29.9. The molecule has 0 amide bonds. The maximum Gasteiger partial charge on any atom is 0.227 e. The summed E-state index contributed by atoms with van der Waals surface area (Å²) in [7, 11) is 0. The molecule has 55 heavy (non-hydrogen) atoms. The largest absolute Gasteiger partial charge is 0.456 e. The lowest BCUT2D eigenvalue weighted by Gasteiger charge is -2.28. The van der Waals surface area contributed by atoms with Crippen LogP contribution in [0.15, 0.2) is 189 Å². The second-order valence-corrected chi connectivity index (χ2v) is 13.9. The lowest BCUT2D eigenvalue weighted by Crippen LogP contribution is -2.11. The van der Waals surface area contributed by atoms with Crippen LogP contribution in [0.25, 0.3) is 93.9 Å². The fraction of sp³-hybridized carbons (Fsp3) is 0. The first-order chi connectivity index (χ1) is 27.3. The van der Waals surface area contributed by atoms with Gasteiger partial charge in [0.2, 0.25) is 5.89 Å². The molecule has 6 heteroatoms. The molecule has 0 N–H and O–H groups in total. The second-order valence-electron chi connectivity index (χ2n) is 13.9. The van der Waals surface area contributed by atoms with Crippen LogP contribution in [0.3, 0.4) is 0 Å². The average Bonchev–Trinajstić information content (AvgIpc) is 4.01. The average molecular weight is 708 g/mol. The van der Waals surface area contributed by atoms with Crippen molar-refractivity contribution in [2.24, 2.45) is 0 Å². The predicted molar refractivity (Wildman–Crippen MR) is 223 cm³/mol. The summed E-state index contributed by atoms with van der Waals surface area (Å²) in [5, 5.41) is 6.34. The van der Waals surface area contributed by atoms with Crippen LogP contribution >= 0.6 is 0 Å². The minimum absolute atomic E-state index is 0.578. The van der Waals surface area contributed by atoms with Crippen LogP contribution < -0.4 is 4.90 Å². The number of oxazole rings is 1. The van der Waals surface area contributed by atoms with Crippen molar-refractivity contribution in [2.75, 3.05) is 4.90 Å². The maximum atomic E-state index is 6.66. The summed E-state index contributed by atoms with van der Waals surface area (Å²) in [5.74, 6) is 0.578. The van der Waals surface area contributed by atoms with Crippen LogP contribution in [0, 0.1) is 0 Å². The zero-order valence-corrected chi connectivity index (χ0v) is 29.3. The van der Waals surface area contributed by atoms with Gasteiger partial charge < -0.3 is 22.7 Å². The van der Waals surface area contributed by atoms with E-state index in [0.717, 1.165) is 99.5 Å². The van der Waals surface area contributed by atoms with Gasteiger partial charge in [-0.2, -0.15) is 0 Å². The van der Waals surface area contributed by atoms with E-state index in [0.29, 0.717) is 11.5 Å². The molecule has 0 spiro atoms. The van der Waals surface area contributed by atoms with Gasteiger partial charge in [0.15, 0.2) is 5.58 Å². The Hall–Kier alpha value is -7.57. The second kappa shape index (κ2) is 11.5. The van der Waals surface area contributed by atoms with Gasteiger partial charge in [-0.1, -0.05) is 91.0 Å². The number of nitrogens with zero attached hydrogens (tertiary/aromatic N) is 3. The molecule has 0 fully saturated rings. The van der Waals surface area contributed by atoms with Crippen LogP contribution in [0.1, 0.15) is 0 Å². The number of rotatable bonds is 5. The molecule has 0 saturated carbocycles. The normalized spacial score (nSPS) is 12.0. The number of fused-ring (bicyclic) bond motifs is 10. The van der Waals surface area contributed by atoms with Gasteiger partial charge >= 0.3 is 0 Å². The molecule has 0 unspecified atom stereocenters. The summed E-state index contributed by atoms with van der Waals surface area (Å²) >= 11 is 0. The van der Waals surface area contributed by atoms with Crippen molar-refractivity contribution in [1.82, 2.24) is 9.55 Å². The van der Waals surface area contributed by atoms with Crippen molar-refractivity contribution < 1.29 is 13.3 Å². The molecule has 4 aromatic heterocycles. The summed E-state index contributed by atoms with van der Waals surface area (Å²) in [4.78, 5) is 7.34. The van der Waals surface area contributed by atoms with E-state index < -0.39 is 0 Å². The van der Waals surface area contributed by atoms with Gasteiger partial charge in [-0.3, -0.25) is 0 Å². The highest BCUT2D eigenvalue weighted by atomic mass is 16.4. The number of hydrogen-bond donors (Lipinski definition) is 0. The van der Waals surface area contributed by atoms with Crippen LogP contribution in [-0.4, -0.2) is 9.55 Å². The van der Waals surface area contributed by atoms with E-state index in [9.17, 15) is 0 Å². The third-order valence-corrected chi connectivity index (χ3v) is 10.8.